The third kappa shape index (κ3) is 4.11. The number of hydrogen-bond acceptors (Lipinski definition) is 4. The van der Waals surface area contributed by atoms with E-state index in [0.29, 0.717) is 29.7 Å². The van der Waals surface area contributed by atoms with Gasteiger partial charge in [0.25, 0.3) is 5.91 Å². The van der Waals surface area contributed by atoms with Crippen LogP contribution in [0.3, 0.4) is 0 Å². The van der Waals surface area contributed by atoms with E-state index in [-0.39, 0.29) is 11.7 Å². The summed E-state index contributed by atoms with van der Waals surface area (Å²) in [5.74, 6) is -0.104. The van der Waals surface area contributed by atoms with E-state index in [9.17, 15) is 9.90 Å². The third-order valence-corrected chi connectivity index (χ3v) is 5.98. The highest BCUT2D eigenvalue weighted by atomic mass is 79.9. The van der Waals surface area contributed by atoms with Gasteiger partial charge in [-0.3, -0.25) is 4.79 Å². The number of rotatable bonds is 2. The number of nitrogens with one attached hydrogen (secondary N) is 1. The van der Waals surface area contributed by atoms with Gasteiger partial charge in [-0.25, -0.2) is 4.99 Å². The lowest BCUT2D eigenvalue weighted by Gasteiger charge is -2.03. The van der Waals surface area contributed by atoms with Crippen molar-refractivity contribution >= 4 is 78.1 Å². The van der Waals surface area contributed by atoms with Crippen LogP contribution in [0, 0.1) is 6.92 Å². The highest BCUT2D eigenvalue weighted by Gasteiger charge is 2.24. The second-order valence-corrected chi connectivity index (χ2v) is 8.35. The Kier molecular flexibility index (Phi) is 5.58. The predicted octanol–water partition coefficient (Wildman–Crippen LogP) is 5.77. The van der Waals surface area contributed by atoms with Crippen LogP contribution >= 0.6 is 55.2 Å². The number of carbonyl (C=O) groups is 1. The lowest BCUT2D eigenvalue weighted by molar-refractivity contribution is -0.115. The molecular formula is C17H11Br2ClN2O2S. The number of benzene rings is 2. The van der Waals surface area contributed by atoms with Crippen molar-refractivity contribution in [3.8, 4) is 5.75 Å². The molecule has 0 aromatic heterocycles. The molecule has 1 amide bonds. The van der Waals surface area contributed by atoms with Crippen LogP contribution in [0.15, 0.2) is 49.2 Å². The number of halogens is 3. The van der Waals surface area contributed by atoms with Crippen LogP contribution < -0.4 is 5.32 Å². The molecule has 0 radical (unpaired) electrons. The van der Waals surface area contributed by atoms with Gasteiger partial charge in [-0.05, 0) is 92.0 Å². The van der Waals surface area contributed by atoms with E-state index in [1.54, 1.807) is 24.3 Å². The largest absolute Gasteiger partial charge is 0.506 e. The number of aliphatic imine (C=N–C) groups is 1. The van der Waals surface area contributed by atoms with Gasteiger partial charge in [0.2, 0.25) is 0 Å². The van der Waals surface area contributed by atoms with Crippen LogP contribution in [0.1, 0.15) is 11.1 Å². The number of amidine groups is 1. The van der Waals surface area contributed by atoms with Gasteiger partial charge in [0.15, 0.2) is 5.17 Å². The van der Waals surface area contributed by atoms with E-state index in [1.165, 1.54) is 11.8 Å². The summed E-state index contributed by atoms with van der Waals surface area (Å²) in [6.45, 7) is 1.88. The van der Waals surface area contributed by atoms with Crippen molar-refractivity contribution in [2.45, 2.75) is 6.92 Å². The average Bonchev–Trinajstić information content (AvgIpc) is 2.89. The Morgan fingerprint density at radius 2 is 1.96 bits per heavy atom. The zero-order valence-corrected chi connectivity index (χ0v) is 17.6. The molecule has 8 heteroatoms. The molecule has 1 fully saturated rings. The summed E-state index contributed by atoms with van der Waals surface area (Å²) in [6.07, 6.45) is 1.74. The van der Waals surface area contributed by atoms with Crippen molar-refractivity contribution in [3.63, 3.8) is 0 Å². The van der Waals surface area contributed by atoms with E-state index in [4.69, 9.17) is 11.6 Å². The van der Waals surface area contributed by atoms with Crippen LogP contribution in [-0.4, -0.2) is 16.2 Å². The summed E-state index contributed by atoms with van der Waals surface area (Å²) in [5.41, 5.74) is 2.34. The van der Waals surface area contributed by atoms with Crippen LogP contribution in [0.4, 0.5) is 5.69 Å². The SMILES string of the molecule is Cc1c(Cl)cccc1N=C1NC(=O)/C(=C\c2cc(Br)c(O)c(Br)c2)S1. The Morgan fingerprint density at radius 1 is 1.28 bits per heavy atom. The summed E-state index contributed by atoms with van der Waals surface area (Å²) < 4.78 is 1.08. The maximum absolute atomic E-state index is 12.2. The summed E-state index contributed by atoms with van der Waals surface area (Å²) >= 11 is 13.9. The molecule has 0 aliphatic carbocycles. The lowest BCUT2D eigenvalue weighted by Crippen LogP contribution is -2.19. The molecule has 0 atom stereocenters. The van der Waals surface area contributed by atoms with Crippen molar-refractivity contribution in [2.24, 2.45) is 4.99 Å². The number of hydrogen-bond donors (Lipinski definition) is 2. The lowest BCUT2D eigenvalue weighted by atomic mass is 10.2. The normalized spacial score (nSPS) is 17.4. The fourth-order valence-corrected chi connectivity index (χ4v) is 4.35. The number of aromatic hydroxyl groups is 1. The van der Waals surface area contributed by atoms with Gasteiger partial charge in [-0.2, -0.15) is 0 Å². The van der Waals surface area contributed by atoms with Gasteiger partial charge in [0.05, 0.1) is 19.5 Å². The molecule has 0 bridgehead atoms. The van der Waals surface area contributed by atoms with Crippen LogP contribution in [0.2, 0.25) is 5.02 Å². The number of phenols is 1. The number of nitrogens with zero attached hydrogens (tertiary/aromatic N) is 1. The van der Waals surface area contributed by atoms with Crippen LogP contribution in [-0.2, 0) is 4.79 Å². The fraction of sp³-hybridized carbons (Fsp3) is 0.0588. The minimum absolute atomic E-state index is 0.115. The van der Waals surface area contributed by atoms with E-state index < -0.39 is 0 Å². The van der Waals surface area contributed by atoms with Gasteiger partial charge in [0.1, 0.15) is 5.75 Å². The van der Waals surface area contributed by atoms with Gasteiger partial charge in [-0.15, -0.1) is 0 Å². The van der Waals surface area contributed by atoms with E-state index >= 15 is 0 Å². The molecule has 25 heavy (non-hydrogen) atoms. The molecule has 1 heterocycles. The first kappa shape index (κ1) is 18.5. The van der Waals surface area contributed by atoms with Gasteiger partial charge in [-0.1, -0.05) is 17.7 Å². The quantitative estimate of drug-likeness (QED) is 0.513. The van der Waals surface area contributed by atoms with Crippen molar-refractivity contribution in [2.75, 3.05) is 0 Å². The minimum atomic E-state index is -0.219. The van der Waals surface area contributed by atoms with Crippen LogP contribution in [0.5, 0.6) is 5.75 Å². The average molecular weight is 503 g/mol. The molecule has 0 unspecified atom stereocenters. The Hall–Kier alpha value is -1.28. The highest BCUT2D eigenvalue weighted by molar-refractivity contribution is 9.11. The van der Waals surface area contributed by atoms with Crippen molar-refractivity contribution in [1.29, 1.82) is 0 Å². The first-order valence-corrected chi connectivity index (χ1v) is 9.86. The molecule has 3 rings (SSSR count). The number of carbonyl (C=O) groups excluding carboxylic acids is 1. The van der Waals surface area contributed by atoms with Crippen molar-refractivity contribution in [1.82, 2.24) is 5.32 Å². The zero-order valence-electron chi connectivity index (χ0n) is 12.8. The standard InChI is InChI=1S/C17H11Br2ClN2O2S/c1-8-12(20)3-2-4-13(8)21-17-22-16(24)14(25-17)7-9-5-10(18)15(23)11(19)6-9/h2-7,23H,1H3,(H,21,22,24)/b14-7+. The summed E-state index contributed by atoms with van der Waals surface area (Å²) in [5, 5.41) is 13.6. The second-order valence-electron chi connectivity index (χ2n) is 5.20. The second kappa shape index (κ2) is 7.53. The maximum Gasteiger partial charge on any atom is 0.264 e. The Morgan fingerprint density at radius 3 is 2.64 bits per heavy atom. The molecule has 128 valence electrons. The first-order chi connectivity index (χ1) is 11.8. The Balaban J connectivity index is 1.90. The van der Waals surface area contributed by atoms with Gasteiger partial charge < -0.3 is 10.4 Å². The molecule has 2 aromatic rings. The van der Waals surface area contributed by atoms with Crippen LogP contribution in [0.25, 0.3) is 6.08 Å². The molecule has 1 aliphatic heterocycles. The van der Waals surface area contributed by atoms with Crippen molar-refractivity contribution < 1.29 is 9.90 Å². The highest BCUT2D eigenvalue weighted by Crippen LogP contribution is 2.36. The number of thioether (sulfide) groups is 1. The Bertz CT molecular complexity index is 921. The molecule has 0 saturated carbocycles. The fourth-order valence-electron chi connectivity index (χ4n) is 2.13. The third-order valence-electron chi connectivity index (χ3n) is 3.45. The van der Waals surface area contributed by atoms with E-state index in [0.717, 1.165) is 11.1 Å². The molecule has 4 nitrogen and oxygen atoms in total. The smallest absolute Gasteiger partial charge is 0.264 e. The van der Waals surface area contributed by atoms with Gasteiger partial charge in [0, 0.05) is 5.02 Å². The Labute approximate surface area is 170 Å². The predicted molar refractivity (Wildman–Crippen MR) is 111 cm³/mol. The molecule has 0 spiro atoms. The van der Waals surface area contributed by atoms with E-state index in [2.05, 4.69) is 42.2 Å². The molecule has 1 aliphatic rings. The van der Waals surface area contributed by atoms with Crippen molar-refractivity contribution in [3.05, 3.63) is 60.3 Å². The van der Waals surface area contributed by atoms with Gasteiger partial charge >= 0.3 is 0 Å². The molecule has 2 N–H and O–H groups in total. The molecular weight excluding hydrogens is 492 g/mol. The monoisotopic (exact) mass is 500 g/mol. The van der Waals surface area contributed by atoms with E-state index in [1.807, 2.05) is 19.1 Å². The summed E-state index contributed by atoms with van der Waals surface area (Å²) in [6, 6.07) is 8.93. The number of phenolic OH excluding ortho intramolecular Hbond substituents is 1. The topological polar surface area (TPSA) is 61.7 Å². The number of amides is 1. The summed E-state index contributed by atoms with van der Waals surface area (Å²) in [4.78, 5) is 17.2. The summed E-state index contributed by atoms with van der Waals surface area (Å²) in [7, 11) is 0. The minimum Gasteiger partial charge on any atom is -0.506 e. The maximum atomic E-state index is 12.2. The molecule has 2 aromatic carbocycles. The molecule has 1 saturated heterocycles. The zero-order chi connectivity index (χ0) is 18.1. The first-order valence-electron chi connectivity index (χ1n) is 7.08.